The number of fused-ring (bicyclic) bond motifs is 1. The number of nitrogens with one attached hydrogen (secondary N) is 1. The summed E-state index contributed by atoms with van der Waals surface area (Å²) in [5, 5.41) is 3.43. The Morgan fingerprint density at radius 3 is 2.62 bits per heavy atom. The molecule has 3 rings (SSSR count). The van der Waals surface area contributed by atoms with Crippen molar-refractivity contribution < 1.29 is 0 Å². The molecule has 1 aliphatic heterocycles. The largest absolute Gasteiger partial charge is 0.312 e. The molecule has 0 saturated heterocycles. The van der Waals surface area contributed by atoms with E-state index < -0.39 is 0 Å². The molecule has 2 heterocycles. The summed E-state index contributed by atoms with van der Waals surface area (Å²) in [6.07, 6.45) is 4.23. The van der Waals surface area contributed by atoms with E-state index in [1.165, 1.54) is 22.5 Å². The number of nitrogens with zero attached hydrogens (tertiary/aromatic N) is 2. The highest BCUT2D eigenvalue weighted by Crippen LogP contribution is 2.23. The van der Waals surface area contributed by atoms with Gasteiger partial charge in [0.2, 0.25) is 0 Å². The van der Waals surface area contributed by atoms with Gasteiger partial charge in [0.25, 0.3) is 0 Å². The highest BCUT2D eigenvalue weighted by Gasteiger charge is 2.17. The molecule has 0 amide bonds. The average molecular weight is 281 g/mol. The molecule has 110 valence electrons. The molecule has 0 bridgehead atoms. The first-order valence-electron chi connectivity index (χ1n) is 8.00. The van der Waals surface area contributed by atoms with Crippen molar-refractivity contribution in [3.8, 4) is 11.4 Å². The normalized spacial score (nSPS) is 14.0. The zero-order valence-electron chi connectivity index (χ0n) is 12.9. The number of benzene rings is 1. The van der Waals surface area contributed by atoms with Gasteiger partial charge in [-0.3, -0.25) is 0 Å². The fraction of sp³-hybridized carbons (Fsp3) is 0.444. The fourth-order valence-corrected chi connectivity index (χ4v) is 2.88. The maximum Gasteiger partial charge on any atom is 0.159 e. The molecule has 3 nitrogen and oxygen atoms in total. The van der Waals surface area contributed by atoms with Crippen LogP contribution >= 0.6 is 0 Å². The van der Waals surface area contributed by atoms with E-state index in [9.17, 15) is 0 Å². The van der Waals surface area contributed by atoms with Crippen LogP contribution in [0.3, 0.4) is 0 Å². The Morgan fingerprint density at radius 2 is 1.90 bits per heavy atom. The maximum atomic E-state index is 4.85. The first-order chi connectivity index (χ1) is 10.3. The summed E-state index contributed by atoms with van der Waals surface area (Å²) in [6, 6.07) is 8.66. The minimum absolute atomic E-state index is 0.891. The van der Waals surface area contributed by atoms with Crippen molar-refractivity contribution in [2.24, 2.45) is 0 Å². The molecule has 0 saturated carbocycles. The Kier molecular flexibility index (Phi) is 4.30. The Morgan fingerprint density at radius 1 is 1.10 bits per heavy atom. The van der Waals surface area contributed by atoms with Crippen molar-refractivity contribution in [1.82, 2.24) is 15.3 Å². The Labute approximate surface area is 126 Å². The fourth-order valence-electron chi connectivity index (χ4n) is 2.88. The minimum Gasteiger partial charge on any atom is -0.312 e. The molecule has 1 aromatic heterocycles. The summed E-state index contributed by atoms with van der Waals surface area (Å²) < 4.78 is 0. The number of rotatable bonds is 4. The van der Waals surface area contributed by atoms with Crippen molar-refractivity contribution in [2.75, 3.05) is 6.54 Å². The quantitative estimate of drug-likeness (QED) is 0.934. The lowest BCUT2D eigenvalue weighted by molar-refractivity contribution is 0.615. The van der Waals surface area contributed by atoms with E-state index in [-0.39, 0.29) is 0 Å². The Balaban J connectivity index is 2.03. The van der Waals surface area contributed by atoms with Crippen LogP contribution in [0.1, 0.15) is 42.8 Å². The zero-order valence-corrected chi connectivity index (χ0v) is 12.9. The van der Waals surface area contributed by atoms with Crippen LogP contribution in [0.15, 0.2) is 24.3 Å². The molecule has 2 aromatic rings. The van der Waals surface area contributed by atoms with Crippen molar-refractivity contribution >= 4 is 0 Å². The predicted molar refractivity (Wildman–Crippen MR) is 86.3 cm³/mol. The summed E-state index contributed by atoms with van der Waals surface area (Å²) in [6.45, 7) is 6.32. The highest BCUT2D eigenvalue weighted by molar-refractivity contribution is 5.56. The van der Waals surface area contributed by atoms with E-state index in [0.717, 1.165) is 50.2 Å². The molecule has 0 aliphatic carbocycles. The second-order valence-electron chi connectivity index (χ2n) is 5.65. The van der Waals surface area contributed by atoms with Gasteiger partial charge in [0.1, 0.15) is 0 Å². The lowest BCUT2D eigenvalue weighted by Crippen LogP contribution is -2.26. The van der Waals surface area contributed by atoms with Gasteiger partial charge < -0.3 is 5.32 Å². The van der Waals surface area contributed by atoms with Crippen LogP contribution in [0.2, 0.25) is 0 Å². The van der Waals surface area contributed by atoms with E-state index in [0.29, 0.717) is 0 Å². The monoisotopic (exact) mass is 281 g/mol. The van der Waals surface area contributed by atoms with E-state index in [2.05, 4.69) is 43.4 Å². The first kappa shape index (κ1) is 14.2. The van der Waals surface area contributed by atoms with Crippen molar-refractivity contribution in [2.45, 2.75) is 46.1 Å². The van der Waals surface area contributed by atoms with E-state index >= 15 is 0 Å². The van der Waals surface area contributed by atoms with Gasteiger partial charge in [-0.05, 0) is 18.4 Å². The summed E-state index contributed by atoms with van der Waals surface area (Å²) in [5.74, 6) is 0.891. The van der Waals surface area contributed by atoms with Crippen LogP contribution in [0.25, 0.3) is 11.4 Å². The van der Waals surface area contributed by atoms with Crippen LogP contribution < -0.4 is 5.32 Å². The molecule has 0 radical (unpaired) electrons. The second-order valence-corrected chi connectivity index (χ2v) is 5.65. The van der Waals surface area contributed by atoms with Gasteiger partial charge in [-0.15, -0.1) is 0 Å². The van der Waals surface area contributed by atoms with E-state index in [1.807, 2.05) is 0 Å². The molecule has 0 spiro atoms. The van der Waals surface area contributed by atoms with E-state index in [1.54, 1.807) is 0 Å². The minimum atomic E-state index is 0.891. The lowest BCUT2D eigenvalue weighted by Gasteiger charge is -2.20. The topological polar surface area (TPSA) is 37.8 Å². The van der Waals surface area contributed by atoms with Crippen molar-refractivity contribution in [1.29, 1.82) is 0 Å². The summed E-state index contributed by atoms with van der Waals surface area (Å²) in [7, 11) is 0. The van der Waals surface area contributed by atoms with Crippen LogP contribution in [0.5, 0.6) is 0 Å². The van der Waals surface area contributed by atoms with Gasteiger partial charge in [0.05, 0.1) is 5.69 Å². The molecular formula is C18H23N3. The molecule has 21 heavy (non-hydrogen) atoms. The molecule has 1 aromatic carbocycles. The molecule has 1 N–H and O–H groups in total. The zero-order chi connectivity index (χ0) is 14.7. The van der Waals surface area contributed by atoms with E-state index in [4.69, 9.17) is 9.97 Å². The van der Waals surface area contributed by atoms with Gasteiger partial charge in [-0.1, -0.05) is 44.5 Å². The lowest BCUT2D eigenvalue weighted by atomic mass is 10.0. The van der Waals surface area contributed by atoms with Crippen molar-refractivity contribution in [3.63, 3.8) is 0 Å². The standard InChI is InChI=1S/C18H23N3/c1-3-5-16-15-12-19-11-10-17(15)21-18(20-16)14-8-6-13(4-2)7-9-14/h6-9,19H,3-5,10-12H2,1-2H3. The number of aromatic nitrogens is 2. The molecule has 1 aliphatic rings. The molecule has 3 heteroatoms. The first-order valence-corrected chi connectivity index (χ1v) is 8.00. The molecule has 0 atom stereocenters. The molecule has 0 fully saturated rings. The molecule has 0 unspecified atom stereocenters. The Bertz CT molecular complexity index is 617. The molecular weight excluding hydrogens is 258 g/mol. The number of hydrogen-bond donors (Lipinski definition) is 1. The third-order valence-corrected chi connectivity index (χ3v) is 4.13. The summed E-state index contributed by atoms with van der Waals surface area (Å²) in [5.41, 5.74) is 6.28. The average Bonchev–Trinajstić information content (AvgIpc) is 2.55. The smallest absolute Gasteiger partial charge is 0.159 e. The predicted octanol–water partition coefficient (Wildman–Crippen LogP) is 3.30. The Hall–Kier alpha value is -1.74. The third-order valence-electron chi connectivity index (χ3n) is 4.13. The van der Waals surface area contributed by atoms with Gasteiger partial charge in [-0.25, -0.2) is 9.97 Å². The summed E-state index contributed by atoms with van der Waals surface area (Å²) >= 11 is 0. The van der Waals surface area contributed by atoms with Crippen LogP contribution in [0, 0.1) is 0 Å². The summed E-state index contributed by atoms with van der Waals surface area (Å²) in [4.78, 5) is 9.68. The third kappa shape index (κ3) is 2.98. The number of aryl methyl sites for hydroxylation is 2. The van der Waals surface area contributed by atoms with Gasteiger partial charge in [0, 0.05) is 36.3 Å². The highest BCUT2D eigenvalue weighted by atomic mass is 14.9. The van der Waals surface area contributed by atoms with Gasteiger partial charge >= 0.3 is 0 Å². The maximum absolute atomic E-state index is 4.85. The second kappa shape index (κ2) is 6.35. The van der Waals surface area contributed by atoms with Crippen molar-refractivity contribution in [3.05, 3.63) is 46.8 Å². The number of hydrogen-bond acceptors (Lipinski definition) is 3. The van der Waals surface area contributed by atoms with Crippen LogP contribution in [0.4, 0.5) is 0 Å². The SMILES string of the molecule is CCCc1nc(-c2ccc(CC)cc2)nc2c1CNCC2. The van der Waals surface area contributed by atoms with Crippen LogP contribution in [-0.4, -0.2) is 16.5 Å². The van der Waals surface area contributed by atoms with Crippen LogP contribution in [-0.2, 0) is 25.8 Å². The van der Waals surface area contributed by atoms with Gasteiger partial charge in [-0.2, -0.15) is 0 Å². The van der Waals surface area contributed by atoms with Gasteiger partial charge in [0.15, 0.2) is 5.82 Å².